The van der Waals surface area contributed by atoms with Gasteiger partial charge < -0.3 is 14.2 Å². The highest BCUT2D eigenvalue weighted by molar-refractivity contribution is 7.89. The van der Waals surface area contributed by atoms with Crippen LogP contribution in [0.5, 0.6) is 11.5 Å². The Hall–Kier alpha value is -2.36. The van der Waals surface area contributed by atoms with E-state index >= 15 is 0 Å². The molecule has 0 amide bonds. The van der Waals surface area contributed by atoms with E-state index in [4.69, 9.17) is 25.8 Å². The lowest BCUT2D eigenvalue weighted by molar-refractivity contribution is -0.141. The van der Waals surface area contributed by atoms with Gasteiger partial charge in [0, 0.05) is 6.54 Å². The van der Waals surface area contributed by atoms with Gasteiger partial charge >= 0.3 is 5.97 Å². The molecule has 1 aliphatic heterocycles. The molecule has 1 aliphatic rings. The summed E-state index contributed by atoms with van der Waals surface area (Å²) in [6.07, 6.45) is 0.189. The van der Waals surface area contributed by atoms with Crippen LogP contribution >= 0.6 is 11.6 Å². The van der Waals surface area contributed by atoms with Gasteiger partial charge in [0.15, 0.2) is 11.5 Å². The molecule has 0 aromatic heterocycles. The highest BCUT2D eigenvalue weighted by Gasteiger charge is 2.38. The fourth-order valence-electron chi connectivity index (χ4n) is 3.52. The first kappa shape index (κ1) is 22.3. The van der Waals surface area contributed by atoms with E-state index in [0.29, 0.717) is 23.5 Å². The molecule has 0 saturated heterocycles. The fraction of sp³-hybridized carbons (Fsp3) is 0.350. The fourth-order valence-corrected chi connectivity index (χ4v) is 5.40. The molecule has 2 aromatic carbocycles. The van der Waals surface area contributed by atoms with Crippen LogP contribution in [0.2, 0.25) is 5.02 Å². The largest absolute Gasteiger partial charge is 0.493 e. The Morgan fingerprint density at radius 1 is 1.17 bits per heavy atom. The smallest absolute Gasteiger partial charge is 0.307 e. The molecule has 0 aliphatic carbocycles. The van der Waals surface area contributed by atoms with E-state index in [0.717, 1.165) is 23.8 Å². The number of esters is 1. The second-order valence-electron chi connectivity index (χ2n) is 6.64. The molecular weight excluding hydrogens is 437 g/mol. The second-order valence-corrected chi connectivity index (χ2v) is 8.94. The van der Waals surface area contributed by atoms with Crippen molar-refractivity contribution >= 4 is 27.6 Å². The summed E-state index contributed by atoms with van der Waals surface area (Å²) in [7, 11) is 0.133. The molecule has 10 heteroatoms. The zero-order valence-corrected chi connectivity index (χ0v) is 18.2. The maximum absolute atomic E-state index is 13.5. The third-order valence-corrected chi connectivity index (χ3v) is 7.23. The molecule has 0 unspecified atom stereocenters. The summed E-state index contributed by atoms with van der Waals surface area (Å²) in [4.78, 5) is 11.9. The lowest BCUT2D eigenvalue weighted by Crippen LogP contribution is -2.41. The van der Waals surface area contributed by atoms with Crippen LogP contribution < -0.4 is 9.47 Å². The average Bonchev–Trinajstić information content (AvgIpc) is 2.74. The number of methoxy groups -OCH3 is 3. The minimum atomic E-state index is -4.08. The molecule has 2 aromatic rings. The number of halogens is 2. The van der Waals surface area contributed by atoms with Gasteiger partial charge in [0.05, 0.1) is 43.7 Å². The Morgan fingerprint density at radius 3 is 2.43 bits per heavy atom. The molecule has 0 radical (unpaired) electrons. The number of nitrogens with zero attached hydrogens (tertiary/aromatic N) is 1. The summed E-state index contributed by atoms with van der Waals surface area (Å²) in [5, 5.41) is -0.301. The van der Waals surface area contributed by atoms with Gasteiger partial charge in [-0.05, 0) is 47.9 Å². The van der Waals surface area contributed by atoms with Crippen molar-refractivity contribution in [1.82, 2.24) is 4.31 Å². The van der Waals surface area contributed by atoms with E-state index in [9.17, 15) is 17.6 Å². The Morgan fingerprint density at radius 2 is 1.83 bits per heavy atom. The van der Waals surface area contributed by atoms with E-state index in [1.165, 1.54) is 25.6 Å². The lowest BCUT2D eigenvalue weighted by Gasteiger charge is -2.36. The Bertz CT molecular complexity index is 1080. The summed E-state index contributed by atoms with van der Waals surface area (Å²) in [5.41, 5.74) is 1.45. The zero-order valence-electron chi connectivity index (χ0n) is 16.6. The van der Waals surface area contributed by atoms with Crippen molar-refractivity contribution in [3.05, 3.63) is 52.3 Å². The van der Waals surface area contributed by atoms with Crippen molar-refractivity contribution in [2.45, 2.75) is 23.8 Å². The monoisotopic (exact) mass is 457 g/mol. The highest BCUT2D eigenvalue weighted by atomic mass is 35.5. The minimum Gasteiger partial charge on any atom is -0.493 e. The van der Waals surface area contributed by atoms with Crippen LogP contribution in [-0.4, -0.2) is 46.6 Å². The highest BCUT2D eigenvalue weighted by Crippen LogP contribution is 2.41. The van der Waals surface area contributed by atoms with Crippen molar-refractivity contribution in [3.8, 4) is 11.5 Å². The van der Waals surface area contributed by atoms with E-state index in [1.807, 2.05) is 0 Å². The molecule has 0 fully saturated rings. The summed E-state index contributed by atoms with van der Waals surface area (Å²) in [6.45, 7) is 0.113. The Balaban J connectivity index is 2.12. The topological polar surface area (TPSA) is 82.1 Å². The second kappa shape index (κ2) is 8.79. The van der Waals surface area contributed by atoms with Crippen LogP contribution in [0.3, 0.4) is 0 Å². The first-order chi connectivity index (χ1) is 14.2. The van der Waals surface area contributed by atoms with Gasteiger partial charge in [0.1, 0.15) is 5.82 Å². The maximum Gasteiger partial charge on any atom is 0.307 e. The van der Waals surface area contributed by atoms with Crippen LogP contribution in [0, 0.1) is 5.82 Å². The first-order valence-corrected chi connectivity index (χ1v) is 10.8. The minimum absolute atomic E-state index is 0.113. The predicted octanol–water partition coefficient (Wildman–Crippen LogP) is 3.35. The van der Waals surface area contributed by atoms with E-state index < -0.39 is 27.9 Å². The van der Waals surface area contributed by atoms with Gasteiger partial charge in [0.2, 0.25) is 10.0 Å². The summed E-state index contributed by atoms with van der Waals surface area (Å²) < 4.78 is 56.9. The Kier molecular flexibility index (Phi) is 6.54. The van der Waals surface area contributed by atoms with Crippen molar-refractivity contribution in [1.29, 1.82) is 0 Å². The molecule has 3 rings (SSSR count). The van der Waals surface area contributed by atoms with Gasteiger partial charge in [0.25, 0.3) is 0 Å². The molecule has 162 valence electrons. The number of rotatable bonds is 6. The number of carbonyl (C=O) groups excluding carboxylic acids is 1. The average molecular weight is 458 g/mol. The third kappa shape index (κ3) is 4.10. The SMILES string of the molecule is COC(=O)C[C@@H]1c2cc(OC)c(OC)cc2CCN1S(=O)(=O)c1ccc(F)c(Cl)c1. The normalized spacial score (nSPS) is 16.6. The predicted molar refractivity (Wildman–Crippen MR) is 108 cm³/mol. The van der Waals surface area contributed by atoms with E-state index in [-0.39, 0.29) is 22.9 Å². The molecule has 1 heterocycles. The first-order valence-electron chi connectivity index (χ1n) is 9.01. The molecule has 7 nitrogen and oxygen atoms in total. The summed E-state index contributed by atoms with van der Waals surface area (Å²) >= 11 is 5.79. The number of ether oxygens (including phenoxy) is 3. The number of sulfonamides is 1. The van der Waals surface area contributed by atoms with Crippen molar-refractivity contribution in [2.24, 2.45) is 0 Å². The van der Waals surface area contributed by atoms with Gasteiger partial charge in [-0.15, -0.1) is 0 Å². The standard InChI is InChI=1S/C20H21ClFNO6S/c1-27-18-8-12-6-7-23(30(25,26)13-4-5-16(22)15(21)9-13)17(11-20(24)29-3)14(12)10-19(18)28-2/h4-5,8-10,17H,6-7,11H2,1-3H3/t17-/m1/s1. The van der Waals surface area contributed by atoms with Gasteiger partial charge in [-0.3, -0.25) is 4.79 Å². The molecule has 30 heavy (non-hydrogen) atoms. The van der Waals surface area contributed by atoms with Crippen molar-refractivity contribution in [3.63, 3.8) is 0 Å². The number of fused-ring (bicyclic) bond motifs is 1. The summed E-state index contributed by atoms with van der Waals surface area (Å²) in [5.74, 6) is -0.368. The Labute approximate surface area is 179 Å². The molecular formula is C20H21ClFNO6S. The number of carbonyl (C=O) groups is 1. The molecule has 0 spiro atoms. The number of benzene rings is 2. The molecule has 0 saturated carbocycles. The quantitative estimate of drug-likeness (QED) is 0.619. The van der Waals surface area contributed by atoms with E-state index in [1.54, 1.807) is 12.1 Å². The van der Waals surface area contributed by atoms with Crippen LogP contribution in [-0.2, 0) is 26.0 Å². The van der Waals surface area contributed by atoms with Crippen molar-refractivity contribution < 1.29 is 31.8 Å². The van der Waals surface area contributed by atoms with Crippen LogP contribution in [0.1, 0.15) is 23.6 Å². The number of hydrogen-bond donors (Lipinski definition) is 0. The van der Waals surface area contributed by atoms with Crippen molar-refractivity contribution in [2.75, 3.05) is 27.9 Å². The third-order valence-electron chi connectivity index (χ3n) is 5.04. The van der Waals surface area contributed by atoms with Gasteiger partial charge in [-0.2, -0.15) is 4.31 Å². The summed E-state index contributed by atoms with van der Waals surface area (Å²) in [6, 6.07) is 5.81. The van der Waals surface area contributed by atoms with E-state index in [2.05, 4.69) is 0 Å². The van der Waals surface area contributed by atoms with Gasteiger partial charge in [-0.25, -0.2) is 12.8 Å². The molecule has 0 N–H and O–H groups in total. The molecule has 0 bridgehead atoms. The van der Waals surface area contributed by atoms with Gasteiger partial charge in [-0.1, -0.05) is 11.6 Å². The lowest BCUT2D eigenvalue weighted by atomic mass is 9.91. The number of hydrogen-bond acceptors (Lipinski definition) is 6. The van der Waals surface area contributed by atoms with Crippen LogP contribution in [0.25, 0.3) is 0 Å². The van der Waals surface area contributed by atoms with Crippen LogP contribution in [0.15, 0.2) is 35.2 Å². The zero-order chi connectivity index (χ0) is 22.1. The van der Waals surface area contributed by atoms with Crippen LogP contribution in [0.4, 0.5) is 4.39 Å². The molecule has 1 atom stereocenters. The maximum atomic E-state index is 13.5.